The summed E-state index contributed by atoms with van der Waals surface area (Å²) < 4.78 is 4.04. The van der Waals surface area contributed by atoms with Crippen molar-refractivity contribution in [1.82, 2.24) is 19.4 Å². The Morgan fingerprint density at radius 2 is 1.92 bits per heavy atom. The Labute approximate surface area is 151 Å². The topological polar surface area (TPSA) is 79.1 Å². The molecule has 0 aliphatic rings. The van der Waals surface area contributed by atoms with E-state index in [1.165, 1.54) is 0 Å². The number of rotatable bonds is 2. The normalized spacial score (nSPS) is 10.9. The largest absolute Gasteiger partial charge is 0.507 e. The highest BCUT2D eigenvalue weighted by molar-refractivity contribution is 9.10. The first-order chi connectivity index (χ1) is 12.1. The second-order valence-electron chi connectivity index (χ2n) is 5.67. The van der Waals surface area contributed by atoms with Crippen molar-refractivity contribution in [2.24, 2.45) is 7.05 Å². The second kappa shape index (κ2) is 5.76. The molecule has 0 aliphatic heterocycles. The molecular formula is C18H12BrN5O. The first-order valence-electron chi connectivity index (χ1n) is 7.46. The molecular weight excluding hydrogens is 382 g/mol. The zero-order valence-electron chi connectivity index (χ0n) is 13.2. The maximum atomic E-state index is 10.1. The van der Waals surface area contributed by atoms with E-state index in [0.717, 1.165) is 22.3 Å². The number of fused-ring (bicyclic) bond motifs is 1. The molecule has 3 aromatic heterocycles. The lowest BCUT2D eigenvalue weighted by atomic mass is 10.00. The standard InChI is InChI=1S/C18H12BrN5O/c1-23-9-14(8-21-23)12-4-15(11-2-3-16(19)17(25)5-11)18-13(6-20)7-22-24(18)10-12/h2-5,7-10,25H,1H3. The fraction of sp³-hybridized carbons (Fsp3) is 0.0556. The van der Waals surface area contributed by atoms with Crippen LogP contribution in [0.15, 0.2) is 53.5 Å². The van der Waals surface area contributed by atoms with Crippen LogP contribution in [-0.2, 0) is 7.05 Å². The third kappa shape index (κ3) is 2.57. The number of aryl methyl sites for hydroxylation is 1. The van der Waals surface area contributed by atoms with Crippen molar-refractivity contribution in [3.05, 3.63) is 59.1 Å². The first kappa shape index (κ1) is 15.4. The molecule has 0 atom stereocenters. The number of nitriles is 1. The molecule has 7 heteroatoms. The third-order valence-corrected chi connectivity index (χ3v) is 4.70. The highest BCUT2D eigenvalue weighted by atomic mass is 79.9. The minimum atomic E-state index is 0.139. The minimum absolute atomic E-state index is 0.139. The number of hydrogen-bond acceptors (Lipinski definition) is 4. The number of nitrogens with zero attached hydrogens (tertiary/aromatic N) is 5. The molecule has 1 N–H and O–H groups in total. The van der Waals surface area contributed by atoms with Crippen molar-refractivity contribution < 1.29 is 5.11 Å². The molecule has 0 saturated carbocycles. The average Bonchev–Trinajstić information content (AvgIpc) is 3.22. The van der Waals surface area contributed by atoms with Gasteiger partial charge in [0, 0.05) is 36.1 Å². The smallest absolute Gasteiger partial charge is 0.130 e. The predicted molar refractivity (Wildman–Crippen MR) is 96.9 cm³/mol. The lowest BCUT2D eigenvalue weighted by Gasteiger charge is -2.09. The fourth-order valence-corrected chi connectivity index (χ4v) is 3.08. The lowest BCUT2D eigenvalue weighted by Crippen LogP contribution is -1.93. The van der Waals surface area contributed by atoms with Gasteiger partial charge >= 0.3 is 0 Å². The predicted octanol–water partition coefficient (Wildman–Crippen LogP) is 3.74. The van der Waals surface area contributed by atoms with Crippen LogP contribution in [0, 0.1) is 11.3 Å². The molecule has 0 amide bonds. The van der Waals surface area contributed by atoms with Crippen LogP contribution in [0.4, 0.5) is 0 Å². The molecule has 0 radical (unpaired) electrons. The molecule has 122 valence electrons. The van der Waals surface area contributed by atoms with Gasteiger partial charge in [0.1, 0.15) is 11.8 Å². The molecule has 0 unspecified atom stereocenters. The molecule has 3 heterocycles. The Morgan fingerprint density at radius 3 is 2.60 bits per heavy atom. The van der Waals surface area contributed by atoms with Gasteiger partial charge in [-0.05, 0) is 39.7 Å². The zero-order valence-corrected chi connectivity index (χ0v) is 14.8. The summed E-state index contributed by atoms with van der Waals surface area (Å²) in [6.45, 7) is 0. The SMILES string of the molecule is Cn1cc(-c2cc(-c3ccc(Br)c(O)c3)c3c(C#N)cnn3c2)cn1. The maximum absolute atomic E-state index is 10.1. The van der Waals surface area contributed by atoms with Crippen LogP contribution in [0.25, 0.3) is 27.8 Å². The van der Waals surface area contributed by atoms with Crippen molar-refractivity contribution in [3.8, 4) is 34.1 Å². The van der Waals surface area contributed by atoms with Gasteiger partial charge in [0.15, 0.2) is 0 Å². The summed E-state index contributed by atoms with van der Waals surface area (Å²) in [4.78, 5) is 0. The molecule has 1 aromatic carbocycles. The van der Waals surface area contributed by atoms with E-state index in [4.69, 9.17) is 0 Å². The molecule has 0 bridgehead atoms. The van der Waals surface area contributed by atoms with Gasteiger partial charge in [-0.25, -0.2) is 4.52 Å². The van der Waals surface area contributed by atoms with Crippen molar-refractivity contribution in [2.45, 2.75) is 0 Å². The number of halogens is 1. The van der Waals surface area contributed by atoms with Crippen molar-refractivity contribution in [3.63, 3.8) is 0 Å². The average molecular weight is 394 g/mol. The van der Waals surface area contributed by atoms with Crippen molar-refractivity contribution >= 4 is 21.4 Å². The Hall–Kier alpha value is -3.11. The van der Waals surface area contributed by atoms with Crippen LogP contribution in [0.3, 0.4) is 0 Å². The molecule has 25 heavy (non-hydrogen) atoms. The summed E-state index contributed by atoms with van der Waals surface area (Å²) >= 11 is 3.30. The van der Waals surface area contributed by atoms with Gasteiger partial charge in [0.05, 0.1) is 27.9 Å². The van der Waals surface area contributed by atoms with Gasteiger partial charge in [-0.15, -0.1) is 0 Å². The molecule has 4 rings (SSSR count). The van der Waals surface area contributed by atoms with Gasteiger partial charge < -0.3 is 5.11 Å². The van der Waals surface area contributed by atoms with E-state index < -0.39 is 0 Å². The summed E-state index contributed by atoms with van der Waals surface area (Å²) in [6, 6.07) is 9.50. The summed E-state index contributed by atoms with van der Waals surface area (Å²) in [5.41, 5.74) is 4.67. The summed E-state index contributed by atoms with van der Waals surface area (Å²) in [7, 11) is 1.86. The van der Waals surface area contributed by atoms with Gasteiger partial charge in [-0.3, -0.25) is 4.68 Å². The molecule has 0 saturated heterocycles. The monoisotopic (exact) mass is 393 g/mol. The van der Waals surface area contributed by atoms with Gasteiger partial charge in [-0.2, -0.15) is 15.5 Å². The second-order valence-corrected chi connectivity index (χ2v) is 6.53. The van der Waals surface area contributed by atoms with Crippen LogP contribution in [-0.4, -0.2) is 24.5 Å². The molecule has 0 fully saturated rings. The Balaban J connectivity index is 2.04. The van der Waals surface area contributed by atoms with E-state index in [2.05, 4.69) is 32.2 Å². The maximum Gasteiger partial charge on any atom is 0.130 e. The number of phenols is 1. The summed E-state index contributed by atoms with van der Waals surface area (Å²) in [6.07, 6.45) is 7.11. The molecule has 0 aliphatic carbocycles. The number of benzene rings is 1. The van der Waals surface area contributed by atoms with E-state index in [1.54, 1.807) is 33.7 Å². The first-order valence-corrected chi connectivity index (χ1v) is 8.25. The van der Waals surface area contributed by atoms with E-state index >= 15 is 0 Å². The Kier molecular flexibility index (Phi) is 3.55. The van der Waals surface area contributed by atoms with Crippen LogP contribution >= 0.6 is 15.9 Å². The van der Waals surface area contributed by atoms with E-state index in [9.17, 15) is 10.4 Å². The lowest BCUT2D eigenvalue weighted by molar-refractivity contribution is 0.472. The number of aromatic hydroxyl groups is 1. The molecule has 6 nitrogen and oxygen atoms in total. The van der Waals surface area contributed by atoms with Crippen LogP contribution in [0.1, 0.15) is 5.56 Å². The number of hydrogen-bond donors (Lipinski definition) is 1. The highest BCUT2D eigenvalue weighted by Gasteiger charge is 2.15. The van der Waals surface area contributed by atoms with Crippen LogP contribution in [0.5, 0.6) is 5.75 Å². The Bertz CT molecular complexity index is 1150. The number of aromatic nitrogens is 4. The van der Waals surface area contributed by atoms with E-state index in [-0.39, 0.29) is 5.75 Å². The van der Waals surface area contributed by atoms with E-state index in [0.29, 0.717) is 15.6 Å². The Morgan fingerprint density at radius 1 is 1.08 bits per heavy atom. The van der Waals surface area contributed by atoms with Gasteiger partial charge in [-0.1, -0.05) is 6.07 Å². The number of pyridine rings is 1. The van der Waals surface area contributed by atoms with Gasteiger partial charge in [0.2, 0.25) is 0 Å². The summed E-state index contributed by atoms with van der Waals surface area (Å²) in [5.74, 6) is 0.139. The van der Waals surface area contributed by atoms with Crippen molar-refractivity contribution in [2.75, 3.05) is 0 Å². The van der Waals surface area contributed by atoms with Crippen LogP contribution in [0.2, 0.25) is 0 Å². The van der Waals surface area contributed by atoms with Crippen LogP contribution < -0.4 is 0 Å². The molecule has 0 spiro atoms. The zero-order chi connectivity index (χ0) is 17.6. The third-order valence-electron chi connectivity index (χ3n) is 4.03. The summed E-state index contributed by atoms with van der Waals surface area (Å²) in [5, 5.41) is 28.0. The minimum Gasteiger partial charge on any atom is -0.507 e. The quantitative estimate of drug-likeness (QED) is 0.562. The molecule has 4 aromatic rings. The van der Waals surface area contributed by atoms with Gasteiger partial charge in [0.25, 0.3) is 0 Å². The van der Waals surface area contributed by atoms with E-state index in [1.807, 2.05) is 31.6 Å². The fourth-order valence-electron chi connectivity index (χ4n) is 2.83. The highest BCUT2D eigenvalue weighted by Crippen LogP contribution is 2.35. The van der Waals surface area contributed by atoms with Crippen molar-refractivity contribution in [1.29, 1.82) is 5.26 Å². The number of phenolic OH excluding ortho intramolecular Hbond substituents is 1.